The molecule has 4 N–H and O–H groups in total. The van der Waals surface area contributed by atoms with Gasteiger partial charge in [0.05, 0.1) is 22.6 Å². The molecule has 1 aliphatic carbocycles. The van der Waals surface area contributed by atoms with E-state index in [-0.39, 0.29) is 17.6 Å². The summed E-state index contributed by atoms with van der Waals surface area (Å²) < 4.78 is 0.740. The third-order valence-electron chi connectivity index (χ3n) is 5.36. The number of carbonyl (C=O) groups is 1. The number of hydrogen-bond acceptors (Lipinski definition) is 6. The van der Waals surface area contributed by atoms with Gasteiger partial charge in [-0.1, -0.05) is 35.9 Å². The minimum Gasteiger partial charge on any atom is -0.393 e. The smallest absolute Gasteiger partial charge is 0.158 e. The standard InChI is InChI=1S/C22H31ClO5S/c23-22-12-10-17(29-22)9-7-15(25)8-11-19-18(20(27)13-21(19)28)6-4-2-1-3-5-16(26)14-24/h2,4,8,10-12,15,18-21,24-25,27-28H,1,3,5-7,9,13-14H2/t15?,18-,19-,20+,21-/m1/s1. The van der Waals surface area contributed by atoms with Crippen LogP contribution in [-0.2, 0) is 11.2 Å². The van der Waals surface area contributed by atoms with Crippen molar-refractivity contribution < 1.29 is 25.2 Å². The molecule has 0 bridgehead atoms. The molecule has 1 aromatic rings. The van der Waals surface area contributed by atoms with E-state index in [0.717, 1.165) is 22.1 Å². The zero-order valence-electron chi connectivity index (χ0n) is 16.5. The van der Waals surface area contributed by atoms with E-state index in [2.05, 4.69) is 0 Å². The lowest BCUT2D eigenvalue weighted by Gasteiger charge is -2.19. The number of unbranched alkanes of at least 4 members (excludes halogenated alkanes) is 1. The molecule has 0 aromatic carbocycles. The van der Waals surface area contributed by atoms with Gasteiger partial charge in [0.15, 0.2) is 5.78 Å². The van der Waals surface area contributed by atoms with Crippen LogP contribution in [0.5, 0.6) is 0 Å². The molecule has 1 saturated carbocycles. The molecule has 1 aromatic heterocycles. The number of carbonyl (C=O) groups excluding carboxylic acids is 1. The Morgan fingerprint density at radius 1 is 1.28 bits per heavy atom. The Bertz CT molecular complexity index is 686. The molecule has 1 heterocycles. The van der Waals surface area contributed by atoms with Gasteiger partial charge in [-0.3, -0.25) is 4.79 Å². The highest BCUT2D eigenvalue weighted by Gasteiger charge is 2.39. The summed E-state index contributed by atoms with van der Waals surface area (Å²) in [6.07, 6.45) is 9.79. The van der Waals surface area contributed by atoms with Crippen LogP contribution in [0.3, 0.4) is 0 Å². The number of Topliss-reactive ketones (excluding diaryl/α,β-unsaturated/α-hetero) is 1. The fourth-order valence-corrected chi connectivity index (χ4v) is 4.81. The van der Waals surface area contributed by atoms with Gasteiger partial charge in [-0.2, -0.15) is 0 Å². The Labute approximate surface area is 181 Å². The fourth-order valence-electron chi connectivity index (χ4n) is 3.70. The number of ketones is 1. The Balaban J connectivity index is 1.80. The predicted molar refractivity (Wildman–Crippen MR) is 116 cm³/mol. The highest BCUT2D eigenvalue weighted by atomic mass is 35.5. The largest absolute Gasteiger partial charge is 0.393 e. The van der Waals surface area contributed by atoms with Crippen LogP contribution in [0, 0.1) is 11.8 Å². The number of aliphatic hydroxyl groups excluding tert-OH is 4. The number of rotatable bonds is 12. The van der Waals surface area contributed by atoms with Crippen molar-refractivity contribution in [3.8, 4) is 0 Å². The minimum absolute atomic E-state index is 0.0973. The van der Waals surface area contributed by atoms with Gasteiger partial charge < -0.3 is 20.4 Å². The summed E-state index contributed by atoms with van der Waals surface area (Å²) in [5, 5.41) is 39.5. The monoisotopic (exact) mass is 442 g/mol. The van der Waals surface area contributed by atoms with Crippen LogP contribution in [0.2, 0.25) is 4.34 Å². The Morgan fingerprint density at radius 3 is 2.76 bits per heavy atom. The van der Waals surface area contributed by atoms with Gasteiger partial charge in [0.25, 0.3) is 0 Å². The van der Waals surface area contributed by atoms with Crippen molar-refractivity contribution in [1.29, 1.82) is 0 Å². The van der Waals surface area contributed by atoms with Gasteiger partial charge in [-0.15, -0.1) is 11.3 Å². The second-order valence-electron chi connectivity index (χ2n) is 7.60. The third kappa shape index (κ3) is 8.32. The second-order valence-corrected chi connectivity index (χ2v) is 9.40. The third-order valence-corrected chi connectivity index (χ3v) is 6.66. The normalized spacial score (nSPS) is 26.0. The number of allylic oxidation sites excluding steroid dienone is 2. The Hall–Kier alpha value is -1.02. The van der Waals surface area contributed by atoms with E-state index >= 15 is 0 Å². The average Bonchev–Trinajstić information content (AvgIpc) is 3.23. The van der Waals surface area contributed by atoms with Crippen LogP contribution in [0.25, 0.3) is 0 Å². The molecule has 5 nitrogen and oxygen atoms in total. The molecule has 1 aliphatic rings. The maximum absolute atomic E-state index is 11.1. The maximum atomic E-state index is 11.1. The van der Waals surface area contributed by atoms with Gasteiger partial charge in [0.1, 0.15) is 6.61 Å². The van der Waals surface area contributed by atoms with Crippen molar-refractivity contribution in [2.75, 3.05) is 6.61 Å². The van der Waals surface area contributed by atoms with Crippen LogP contribution >= 0.6 is 22.9 Å². The highest BCUT2D eigenvalue weighted by Crippen LogP contribution is 2.36. The summed E-state index contributed by atoms with van der Waals surface area (Å²) in [5.41, 5.74) is 0. The van der Waals surface area contributed by atoms with Crippen molar-refractivity contribution in [3.63, 3.8) is 0 Å². The molecule has 5 atom stereocenters. The molecule has 0 saturated heterocycles. The first-order chi connectivity index (χ1) is 13.9. The molecule has 0 radical (unpaired) electrons. The molecule has 2 rings (SSSR count). The van der Waals surface area contributed by atoms with E-state index < -0.39 is 24.9 Å². The molecule has 0 spiro atoms. The van der Waals surface area contributed by atoms with Crippen molar-refractivity contribution in [3.05, 3.63) is 45.7 Å². The van der Waals surface area contributed by atoms with Crippen molar-refractivity contribution in [2.24, 2.45) is 11.8 Å². The molecule has 1 fully saturated rings. The molecule has 162 valence electrons. The number of aryl methyl sites for hydroxylation is 1. The Kier molecular flexibility index (Phi) is 10.6. The van der Waals surface area contributed by atoms with Crippen LogP contribution in [0.4, 0.5) is 0 Å². The lowest BCUT2D eigenvalue weighted by atomic mass is 9.89. The summed E-state index contributed by atoms with van der Waals surface area (Å²) in [5.74, 6) is -0.449. The first-order valence-electron chi connectivity index (χ1n) is 10.1. The summed E-state index contributed by atoms with van der Waals surface area (Å²) in [4.78, 5) is 12.2. The summed E-state index contributed by atoms with van der Waals surface area (Å²) >= 11 is 7.43. The summed E-state index contributed by atoms with van der Waals surface area (Å²) in [7, 11) is 0. The minimum atomic E-state index is -0.620. The summed E-state index contributed by atoms with van der Waals surface area (Å²) in [6.45, 7) is -0.406. The SMILES string of the molecule is O=C(CO)CCCC=CC[C@@H]1[C@@H](C=CC(O)CCc2ccc(Cl)s2)[C@H](O)C[C@@H]1O. The number of hydrogen-bond donors (Lipinski definition) is 4. The van der Waals surface area contributed by atoms with Crippen LogP contribution in [0.15, 0.2) is 36.4 Å². The van der Waals surface area contributed by atoms with Gasteiger partial charge in [-0.25, -0.2) is 0 Å². The first kappa shape index (κ1) is 24.3. The zero-order valence-corrected chi connectivity index (χ0v) is 18.1. The molecule has 1 unspecified atom stereocenters. The molecule has 7 heteroatoms. The van der Waals surface area contributed by atoms with Gasteiger partial charge in [0, 0.05) is 23.6 Å². The lowest BCUT2D eigenvalue weighted by Crippen LogP contribution is -2.20. The molecule has 29 heavy (non-hydrogen) atoms. The predicted octanol–water partition coefficient (Wildman–Crippen LogP) is 3.29. The van der Waals surface area contributed by atoms with E-state index in [1.165, 1.54) is 11.3 Å². The van der Waals surface area contributed by atoms with E-state index in [1.54, 1.807) is 6.08 Å². The van der Waals surface area contributed by atoms with Crippen molar-refractivity contribution >= 4 is 28.7 Å². The fraction of sp³-hybridized carbons (Fsp3) is 0.591. The second kappa shape index (κ2) is 12.6. The number of halogens is 1. The average molecular weight is 443 g/mol. The maximum Gasteiger partial charge on any atom is 0.158 e. The van der Waals surface area contributed by atoms with Crippen LogP contribution in [-0.4, -0.2) is 51.1 Å². The topological polar surface area (TPSA) is 98.0 Å². The van der Waals surface area contributed by atoms with Crippen molar-refractivity contribution in [1.82, 2.24) is 0 Å². The number of aliphatic hydroxyl groups is 4. The van der Waals surface area contributed by atoms with Crippen molar-refractivity contribution in [2.45, 2.75) is 63.3 Å². The number of thiophene rings is 1. The highest BCUT2D eigenvalue weighted by molar-refractivity contribution is 7.16. The molecule has 0 amide bonds. The quantitative estimate of drug-likeness (QED) is 0.294. The zero-order chi connectivity index (χ0) is 21.2. The van der Waals surface area contributed by atoms with E-state index in [1.807, 2.05) is 30.4 Å². The Morgan fingerprint density at radius 2 is 2.07 bits per heavy atom. The lowest BCUT2D eigenvalue weighted by molar-refractivity contribution is -0.121. The van der Waals surface area contributed by atoms with Gasteiger partial charge >= 0.3 is 0 Å². The summed E-state index contributed by atoms with van der Waals surface area (Å²) in [6, 6.07) is 3.81. The van der Waals surface area contributed by atoms with E-state index in [0.29, 0.717) is 32.1 Å². The first-order valence-corrected chi connectivity index (χ1v) is 11.3. The van der Waals surface area contributed by atoms with Gasteiger partial charge in [-0.05, 0) is 50.2 Å². The van der Waals surface area contributed by atoms with Crippen LogP contribution < -0.4 is 0 Å². The molecular weight excluding hydrogens is 412 g/mol. The molecule has 0 aliphatic heterocycles. The van der Waals surface area contributed by atoms with Crippen LogP contribution in [0.1, 0.15) is 43.4 Å². The van der Waals surface area contributed by atoms with E-state index in [4.69, 9.17) is 16.7 Å². The van der Waals surface area contributed by atoms with E-state index in [9.17, 15) is 20.1 Å². The molecular formula is C22H31ClO5S. The van der Waals surface area contributed by atoms with Gasteiger partial charge in [0.2, 0.25) is 0 Å².